The summed E-state index contributed by atoms with van der Waals surface area (Å²) in [6.45, 7) is 4.48. The SMILES string of the molecule is COCCOc1ccnc(C(=O)N2CC(c3ccc(OCc4ccc(C)c(Cl)c4)c(OC)c3)C2)c1. The predicted octanol–water partition coefficient (Wildman–Crippen LogP) is 4.90. The minimum absolute atomic E-state index is 0.109. The fourth-order valence-electron chi connectivity index (χ4n) is 3.82. The molecule has 4 rings (SSSR count). The monoisotopic (exact) mass is 496 g/mol. The Morgan fingerprint density at radius 2 is 1.86 bits per heavy atom. The quantitative estimate of drug-likeness (QED) is 0.372. The highest BCUT2D eigenvalue weighted by Crippen LogP contribution is 2.35. The van der Waals surface area contributed by atoms with E-state index in [1.54, 1.807) is 37.4 Å². The Balaban J connectivity index is 1.35. The van der Waals surface area contributed by atoms with Gasteiger partial charge in [0, 0.05) is 43.4 Å². The number of pyridine rings is 1. The van der Waals surface area contributed by atoms with E-state index in [1.165, 1.54) is 0 Å². The summed E-state index contributed by atoms with van der Waals surface area (Å²) in [4.78, 5) is 18.9. The molecule has 3 aromatic rings. The third-order valence-electron chi connectivity index (χ3n) is 5.97. The number of aryl methyl sites for hydroxylation is 1. The highest BCUT2D eigenvalue weighted by Gasteiger charge is 2.33. The number of aromatic nitrogens is 1. The largest absolute Gasteiger partial charge is 0.493 e. The number of nitrogens with zero attached hydrogens (tertiary/aromatic N) is 2. The molecule has 0 unspecified atom stereocenters. The van der Waals surface area contributed by atoms with Gasteiger partial charge in [0.2, 0.25) is 0 Å². The van der Waals surface area contributed by atoms with E-state index in [0.717, 1.165) is 21.7 Å². The van der Waals surface area contributed by atoms with Gasteiger partial charge in [0.15, 0.2) is 11.5 Å². The van der Waals surface area contributed by atoms with Crippen molar-refractivity contribution in [2.75, 3.05) is 40.5 Å². The number of benzene rings is 2. The van der Waals surface area contributed by atoms with Crippen LogP contribution in [0.3, 0.4) is 0 Å². The van der Waals surface area contributed by atoms with Gasteiger partial charge in [-0.15, -0.1) is 0 Å². The van der Waals surface area contributed by atoms with Crippen molar-refractivity contribution < 1.29 is 23.7 Å². The molecule has 1 amide bonds. The molecule has 0 aliphatic carbocycles. The Hall–Kier alpha value is -3.29. The lowest BCUT2D eigenvalue weighted by atomic mass is 9.91. The molecule has 2 heterocycles. The average molecular weight is 497 g/mol. The standard InChI is InChI=1S/C27H29ClN2O5/c1-18-4-5-19(12-23(18)28)17-35-25-7-6-20(13-26(25)33-3)21-15-30(16-21)27(31)24-14-22(8-9-29-24)34-11-10-32-2/h4-9,12-14,21H,10-11,15-17H2,1-3H3. The first-order valence-electron chi connectivity index (χ1n) is 11.4. The fourth-order valence-corrected chi connectivity index (χ4v) is 4.03. The number of carbonyl (C=O) groups is 1. The maximum atomic E-state index is 12.9. The van der Waals surface area contributed by atoms with Gasteiger partial charge in [-0.1, -0.05) is 29.8 Å². The summed E-state index contributed by atoms with van der Waals surface area (Å²) in [6.07, 6.45) is 1.58. The summed E-state index contributed by atoms with van der Waals surface area (Å²) >= 11 is 6.22. The molecule has 8 heteroatoms. The van der Waals surface area contributed by atoms with E-state index >= 15 is 0 Å². The van der Waals surface area contributed by atoms with Gasteiger partial charge in [-0.05, 0) is 47.9 Å². The van der Waals surface area contributed by atoms with Crippen LogP contribution >= 0.6 is 11.6 Å². The molecule has 184 valence electrons. The maximum Gasteiger partial charge on any atom is 0.272 e. The third-order valence-corrected chi connectivity index (χ3v) is 6.37. The van der Waals surface area contributed by atoms with Crippen LogP contribution in [0.25, 0.3) is 0 Å². The van der Waals surface area contributed by atoms with Gasteiger partial charge in [0.25, 0.3) is 5.91 Å². The lowest BCUT2D eigenvalue weighted by Gasteiger charge is -2.39. The van der Waals surface area contributed by atoms with Gasteiger partial charge in [-0.3, -0.25) is 9.78 Å². The second-order valence-electron chi connectivity index (χ2n) is 8.41. The molecule has 0 radical (unpaired) electrons. The minimum Gasteiger partial charge on any atom is -0.493 e. The van der Waals surface area contributed by atoms with Gasteiger partial charge in [-0.25, -0.2) is 0 Å². The Bertz CT molecular complexity index is 1180. The van der Waals surface area contributed by atoms with Gasteiger partial charge >= 0.3 is 0 Å². The molecule has 0 bridgehead atoms. The third kappa shape index (κ3) is 6.05. The first-order chi connectivity index (χ1) is 17.0. The number of halogens is 1. The molecular weight excluding hydrogens is 468 g/mol. The molecule has 2 aromatic carbocycles. The van der Waals surface area contributed by atoms with Gasteiger partial charge in [0.1, 0.15) is 24.7 Å². The van der Waals surface area contributed by atoms with E-state index in [9.17, 15) is 4.79 Å². The smallest absolute Gasteiger partial charge is 0.272 e. The Morgan fingerprint density at radius 3 is 2.60 bits per heavy atom. The highest BCUT2D eigenvalue weighted by atomic mass is 35.5. The van der Waals surface area contributed by atoms with Crippen LogP contribution in [0.15, 0.2) is 54.7 Å². The number of amides is 1. The van der Waals surface area contributed by atoms with Crippen LogP contribution in [0.5, 0.6) is 17.2 Å². The zero-order valence-electron chi connectivity index (χ0n) is 20.1. The summed E-state index contributed by atoms with van der Waals surface area (Å²) in [5.74, 6) is 2.04. The molecule has 0 saturated carbocycles. The van der Waals surface area contributed by atoms with E-state index in [2.05, 4.69) is 4.98 Å². The Kier molecular flexibility index (Phi) is 8.10. The number of carbonyl (C=O) groups excluding carboxylic acids is 1. The molecule has 0 spiro atoms. The van der Waals surface area contributed by atoms with Crippen LogP contribution in [0, 0.1) is 6.92 Å². The Morgan fingerprint density at radius 1 is 1.03 bits per heavy atom. The second-order valence-corrected chi connectivity index (χ2v) is 8.81. The number of ether oxygens (including phenoxy) is 4. The molecular formula is C27H29ClN2O5. The van der Waals surface area contributed by atoms with Crippen molar-refractivity contribution in [3.63, 3.8) is 0 Å². The molecule has 1 fully saturated rings. The normalized spacial score (nSPS) is 13.3. The first kappa shape index (κ1) is 24.8. The summed E-state index contributed by atoms with van der Waals surface area (Å²) in [5, 5.41) is 0.720. The summed E-state index contributed by atoms with van der Waals surface area (Å²) < 4.78 is 22.1. The number of likely N-dealkylation sites (tertiary alicyclic amines) is 1. The van der Waals surface area contributed by atoms with Crippen LogP contribution < -0.4 is 14.2 Å². The minimum atomic E-state index is -0.109. The van der Waals surface area contributed by atoms with Gasteiger partial charge in [0.05, 0.1) is 13.7 Å². The van der Waals surface area contributed by atoms with Gasteiger partial charge in [-0.2, -0.15) is 0 Å². The zero-order chi connectivity index (χ0) is 24.8. The van der Waals surface area contributed by atoms with Crippen LogP contribution in [-0.4, -0.2) is 56.3 Å². The molecule has 1 aliphatic heterocycles. The van der Waals surface area contributed by atoms with Crippen molar-refractivity contribution in [1.82, 2.24) is 9.88 Å². The lowest BCUT2D eigenvalue weighted by molar-refractivity contribution is 0.0595. The molecule has 0 N–H and O–H groups in total. The van der Waals surface area contributed by atoms with Gasteiger partial charge < -0.3 is 23.8 Å². The average Bonchev–Trinajstić information content (AvgIpc) is 2.84. The van der Waals surface area contributed by atoms with E-state index in [-0.39, 0.29) is 11.8 Å². The highest BCUT2D eigenvalue weighted by molar-refractivity contribution is 6.31. The maximum absolute atomic E-state index is 12.9. The molecule has 0 atom stereocenters. The first-order valence-corrected chi connectivity index (χ1v) is 11.8. The van der Waals surface area contributed by atoms with Crippen LogP contribution in [0.2, 0.25) is 5.02 Å². The predicted molar refractivity (Wildman–Crippen MR) is 134 cm³/mol. The number of hydrogen-bond donors (Lipinski definition) is 0. The van der Waals surface area contributed by atoms with Crippen molar-refractivity contribution in [2.24, 2.45) is 0 Å². The van der Waals surface area contributed by atoms with Crippen LogP contribution in [0.1, 0.15) is 33.1 Å². The summed E-state index contributed by atoms with van der Waals surface area (Å²) in [6, 6.07) is 15.2. The zero-order valence-corrected chi connectivity index (χ0v) is 20.9. The summed E-state index contributed by atoms with van der Waals surface area (Å²) in [5.41, 5.74) is 3.49. The molecule has 1 saturated heterocycles. The lowest BCUT2D eigenvalue weighted by Crippen LogP contribution is -2.48. The van der Waals surface area contributed by atoms with Crippen molar-refractivity contribution in [3.05, 3.63) is 82.1 Å². The van der Waals surface area contributed by atoms with Crippen LogP contribution in [-0.2, 0) is 11.3 Å². The summed E-state index contributed by atoms with van der Waals surface area (Å²) in [7, 11) is 3.24. The second kappa shape index (κ2) is 11.4. The molecule has 35 heavy (non-hydrogen) atoms. The van der Waals surface area contributed by atoms with Crippen molar-refractivity contribution in [2.45, 2.75) is 19.4 Å². The van der Waals surface area contributed by atoms with E-state index in [1.807, 2.05) is 43.3 Å². The Labute approximate surface area is 210 Å². The molecule has 1 aliphatic rings. The molecule has 7 nitrogen and oxygen atoms in total. The van der Waals surface area contributed by atoms with E-state index in [4.69, 9.17) is 30.5 Å². The van der Waals surface area contributed by atoms with Crippen molar-refractivity contribution >= 4 is 17.5 Å². The number of rotatable bonds is 10. The topological polar surface area (TPSA) is 70.1 Å². The fraction of sp³-hybridized carbons (Fsp3) is 0.333. The van der Waals surface area contributed by atoms with Crippen molar-refractivity contribution in [3.8, 4) is 17.2 Å². The molecule has 1 aromatic heterocycles. The van der Waals surface area contributed by atoms with Crippen molar-refractivity contribution in [1.29, 1.82) is 0 Å². The van der Waals surface area contributed by atoms with Crippen LogP contribution in [0.4, 0.5) is 0 Å². The number of hydrogen-bond acceptors (Lipinski definition) is 6. The number of methoxy groups -OCH3 is 2. The van der Waals surface area contributed by atoms with E-state index < -0.39 is 0 Å². The van der Waals surface area contributed by atoms with E-state index in [0.29, 0.717) is 55.9 Å².